The Morgan fingerprint density at radius 1 is 1.12 bits per heavy atom. The fourth-order valence-electron chi connectivity index (χ4n) is 3.69. The summed E-state index contributed by atoms with van der Waals surface area (Å²) in [6.07, 6.45) is 4.07. The van der Waals surface area contributed by atoms with Crippen molar-refractivity contribution in [2.24, 2.45) is 0 Å². The van der Waals surface area contributed by atoms with Crippen LogP contribution in [0.4, 0.5) is 0 Å². The van der Waals surface area contributed by atoms with Crippen LogP contribution < -0.4 is 0 Å². The lowest BCUT2D eigenvalue weighted by molar-refractivity contribution is -0.00894. The Kier molecular flexibility index (Phi) is 5.98. The van der Waals surface area contributed by atoms with E-state index in [0.717, 1.165) is 6.26 Å². The SMILES string of the molecule is CC(c1ccc2cc(S(C)(=O)=O)ccc2n1)C(O)(Cn1cncn1)c1ccc(Cl)cc1Cl. The van der Waals surface area contributed by atoms with Gasteiger partial charge in [-0.1, -0.05) is 42.3 Å². The normalized spacial score (nSPS) is 14.9. The van der Waals surface area contributed by atoms with Crippen molar-refractivity contribution < 1.29 is 13.5 Å². The number of halogens is 2. The van der Waals surface area contributed by atoms with Gasteiger partial charge in [-0.15, -0.1) is 0 Å². The van der Waals surface area contributed by atoms with Gasteiger partial charge in [0.1, 0.15) is 18.3 Å². The predicted molar refractivity (Wildman–Crippen MR) is 124 cm³/mol. The van der Waals surface area contributed by atoms with Crippen LogP contribution in [0.5, 0.6) is 0 Å². The maximum absolute atomic E-state index is 11.9. The summed E-state index contributed by atoms with van der Waals surface area (Å²) in [5.74, 6) is -0.510. The molecule has 0 aliphatic heterocycles. The van der Waals surface area contributed by atoms with E-state index < -0.39 is 21.4 Å². The Balaban J connectivity index is 1.81. The Bertz CT molecular complexity index is 1390. The second kappa shape index (κ2) is 8.44. The molecule has 2 unspecified atom stereocenters. The van der Waals surface area contributed by atoms with Crippen LogP contribution in [0.25, 0.3) is 10.9 Å². The molecule has 0 amide bonds. The molecule has 2 aromatic carbocycles. The second-order valence-electron chi connectivity index (χ2n) is 7.73. The lowest BCUT2D eigenvalue weighted by Crippen LogP contribution is -2.38. The zero-order valence-electron chi connectivity index (χ0n) is 17.3. The quantitative estimate of drug-likeness (QED) is 0.434. The molecule has 166 valence electrons. The number of aliphatic hydroxyl groups is 1. The molecule has 4 rings (SSSR count). The highest BCUT2D eigenvalue weighted by molar-refractivity contribution is 7.90. The van der Waals surface area contributed by atoms with Gasteiger partial charge < -0.3 is 5.11 Å². The van der Waals surface area contributed by atoms with Gasteiger partial charge in [0.25, 0.3) is 0 Å². The first-order valence-corrected chi connectivity index (χ1v) is 12.3. The van der Waals surface area contributed by atoms with Gasteiger partial charge in [-0.25, -0.2) is 18.1 Å². The number of pyridine rings is 1. The van der Waals surface area contributed by atoms with E-state index in [1.807, 2.05) is 6.92 Å². The number of hydrogen-bond acceptors (Lipinski definition) is 6. The van der Waals surface area contributed by atoms with Gasteiger partial charge in [-0.3, -0.25) is 4.98 Å². The molecule has 10 heteroatoms. The molecular formula is C22H20Cl2N4O3S. The van der Waals surface area contributed by atoms with Crippen molar-refractivity contribution in [1.29, 1.82) is 0 Å². The molecule has 0 saturated heterocycles. The number of nitrogens with zero attached hydrogens (tertiary/aromatic N) is 4. The minimum Gasteiger partial charge on any atom is -0.382 e. The van der Waals surface area contributed by atoms with E-state index in [1.54, 1.807) is 42.5 Å². The van der Waals surface area contributed by atoms with Crippen LogP contribution >= 0.6 is 23.2 Å². The fraction of sp³-hybridized carbons (Fsp3) is 0.227. The molecule has 4 aromatic rings. The largest absolute Gasteiger partial charge is 0.382 e. The summed E-state index contributed by atoms with van der Waals surface area (Å²) in [7, 11) is -3.33. The zero-order chi connectivity index (χ0) is 23.1. The minimum atomic E-state index is -3.33. The van der Waals surface area contributed by atoms with Crippen LogP contribution in [0.15, 0.2) is 66.1 Å². The summed E-state index contributed by atoms with van der Waals surface area (Å²) in [5, 5.41) is 17.5. The molecule has 0 aliphatic carbocycles. The Hall–Kier alpha value is -2.52. The summed E-state index contributed by atoms with van der Waals surface area (Å²) < 4.78 is 25.2. The first-order chi connectivity index (χ1) is 15.1. The number of hydrogen-bond donors (Lipinski definition) is 1. The third-order valence-electron chi connectivity index (χ3n) is 5.54. The van der Waals surface area contributed by atoms with Gasteiger partial charge >= 0.3 is 0 Å². The molecule has 2 aromatic heterocycles. The van der Waals surface area contributed by atoms with E-state index >= 15 is 0 Å². The van der Waals surface area contributed by atoms with Crippen LogP contribution in [-0.2, 0) is 22.0 Å². The standard InChI is InChI=1S/C22H20Cl2N4O3S/c1-14(20-7-3-15-9-17(32(2,30)31)5-8-21(15)27-20)22(29,11-28-13-25-12-26-28)18-6-4-16(23)10-19(18)24/h3-10,12-14,29H,11H2,1-2H3. The van der Waals surface area contributed by atoms with Crippen LogP contribution in [0, 0.1) is 0 Å². The molecule has 2 atom stereocenters. The topological polar surface area (TPSA) is 98.0 Å². The van der Waals surface area contributed by atoms with Crippen molar-refractivity contribution in [3.05, 3.63) is 82.5 Å². The first-order valence-electron chi connectivity index (χ1n) is 9.69. The van der Waals surface area contributed by atoms with Gasteiger partial charge in [0.2, 0.25) is 0 Å². The molecule has 32 heavy (non-hydrogen) atoms. The van der Waals surface area contributed by atoms with E-state index in [-0.39, 0.29) is 11.4 Å². The highest BCUT2D eigenvalue weighted by Crippen LogP contribution is 2.41. The summed E-state index contributed by atoms with van der Waals surface area (Å²) in [5.41, 5.74) is 0.231. The van der Waals surface area contributed by atoms with Crippen molar-refractivity contribution in [3.8, 4) is 0 Å². The second-order valence-corrected chi connectivity index (χ2v) is 10.6. The van der Waals surface area contributed by atoms with Crippen molar-refractivity contribution in [2.45, 2.75) is 29.9 Å². The maximum Gasteiger partial charge on any atom is 0.175 e. The monoisotopic (exact) mass is 490 g/mol. The van der Waals surface area contributed by atoms with Crippen molar-refractivity contribution in [1.82, 2.24) is 19.7 Å². The summed E-state index contributed by atoms with van der Waals surface area (Å²) in [6.45, 7) is 1.93. The van der Waals surface area contributed by atoms with Gasteiger partial charge in [0, 0.05) is 38.9 Å². The molecule has 1 N–H and O–H groups in total. The van der Waals surface area contributed by atoms with E-state index in [1.165, 1.54) is 23.4 Å². The molecule has 0 aliphatic rings. The Morgan fingerprint density at radius 2 is 1.91 bits per heavy atom. The maximum atomic E-state index is 11.9. The number of rotatable bonds is 6. The van der Waals surface area contributed by atoms with Crippen molar-refractivity contribution in [2.75, 3.05) is 6.26 Å². The Labute approximate surface area is 195 Å². The van der Waals surface area contributed by atoms with Gasteiger partial charge in [0.05, 0.1) is 17.0 Å². The zero-order valence-corrected chi connectivity index (χ0v) is 19.6. The average Bonchev–Trinajstić information content (AvgIpc) is 3.24. The van der Waals surface area contributed by atoms with Crippen molar-refractivity contribution >= 4 is 43.9 Å². The summed E-state index contributed by atoms with van der Waals surface area (Å²) in [6, 6.07) is 13.3. The van der Waals surface area contributed by atoms with Crippen LogP contribution in [-0.4, -0.2) is 39.5 Å². The third-order valence-corrected chi connectivity index (χ3v) is 7.20. The molecule has 0 spiro atoms. The number of fused-ring (bicyclic) bond motifs is 1. The third kappa shape index (κ3) is 4.36. The van der Waals surface area contributed by atoms with E-state index in [2.05, 4.69) is 10.1 Å². The van der Waals surface area contributed by atoms with Gasteiger partial charge in [0.15, 0.2) is 9.84 Å². The molecule has 0 fully saturated rings. The van der Waals surface area contributed by atoms with Crippen molar-refractivity contribution in [3.63, 3.8) is 0 Å². The molecule has 0 radical (unpaired) electrons. The highest BCUT2D eigenvalue weighted by Gasteiger charge is 2.40. The molecule has 0 bridgehead atoms. The van der Waals surface area contributed by atoms with Crippen LogP contribution in [0.1, 0.15) is 24.1 Å². The van der Waals surface area contributed by atoms with E-state index in [4.69, 9.17) is 28.2 Å². The van der Waals surface area contributed by atoms with Gasteiger partial charge in [-0.2, -0.15) is 5.10 Å². The number of benzene rings is 2. The lowest BCUT2D eigenvalue weighted by atomic mass is 9.80. The Morgan fingerprint density at radius 3 is 2.56 bits per heavy atom. The molecule has 2 heterocycles. The van der Waals surface area contributed by atoms with Gasteiger partial charge in [-0.05, 0) is 36.4 Å². The molecular weight excluding hydrogens is 471 g/mol. The highest BCUT2D eigenvalue weighted by atomic mass is 35.5. The minimum absolute atomic E-state index is 0.0856. The smallest absolute Gasteiger partial charge is 0.175 e. The predicted octanol–water partition coefficient (Wildman–Crippen LogP) is 4.23. The summed E-state index contributed by atoms with van der Waals surface area (Å²) in [4.78, 5) is 8.88. The summed E-state index contributed by atoms with van der Waals surface area (Å²) >= 11 is 12.5. The molecule has 7 nitrogen and oxygen atoms in total. The number of sulfone groups is 1. The first kappa shape index (κ1) is 22.7. The molecule has 0 saturated carbocycles. The van der Waals surface area contributed by atoms with Crippen LogP contribution in [0.3, 0.4) is 0 Å². The lowest BCUT2D eigenvalue weighted by Gasteiger charge is -2.35. The van der Waals surface area contributed by atoms with E-state index in [9.17, 15) is 13.5 Å². The van der Waals surface area contributed by atoms with E-state index in [0.29, 0.717) is 32.2 Å². The number of aromatic nitrogens is 4. The fourth-order valence-corrected chi connectivity index (χ4v) is 4.92. The van der Waals surface area contributed by atoms with Crippen LogP contribution in [0.2, 0.25) is 10.0 Å². The average molecular weight is 491 g/mol.